The number of nitrogens with one attached hydrogen (secondary N) is 1. The van der Waals surface area contributed by atoms with Gasteiger partial charge in [0.25, 0.3) is 0 Å². The van der Waals surface area contributed by atoms with Gasteiger partial charge in [-0.05, 0) is 54.7 Å². The van der Waals surface area contributed by atoms with Gasteiger partial charge in [-0.15, -0.1) is 0 Å². The van der Waals surface area contributed by atoms with Gasteiger partial charge in [-0.2, -0.15) is 13.2 Å². The first-order valence-electron chi connectivity index (χ1n) is 13.4. The third-order valence-corrected chi connectivity index (χ3v) is 6.83. The summed E-state index contributed by atoms with van der Waals surface area (Å²) in [5, 5.41) is 13.2. The Morgan fingerprint density at radius 3 is 2.29 bits per heavy atom. The zero-order valence-corrected chi connectivity index (χ0v) is 23.6. The molecule has 4 atom stereocenters. The lowest BCUT2D eigenvalue weighted by Crippen LogP contribution is -2.43. The molecule has 0 aliphatic carbocycles. The molecule has 0 aliphatic heterocycles. The normalized spacial score (nSPS) is 15.3. The van der Waals surface area contributed by atoms with Crippen LogP contribution >= 0.6 is 0 Å². The Balaban J connectivity index is 2.82. The molecule has 1 amide bonds. The van der Waals surface area contributed by atoms with Crippen LogP contribution in [0.25, 0.3) is 0 Å². The molecule has 0 saturated heterocycles. The second-order valence-electron chi connectivity index (χ2n) is 10.6. The summed E-state index contributed by atoms with van der Waals surface area (Å²) in [6, 6.07) is 5.23. The lowest BCUT2D eigenvalue weighted by molar-refractivity contribution is -0.137. The zero-order chi connectivity index (χ0) is 28.9. The summed E-state index contributed by atoms with van der Waals surface area (Å²) in [6.45, 7) is 8.43. The van der Waals surface area contributed by atoms with E-state index in [2.05, 4.69) is 19.2 Å². The molecular weight excluding hydrogens is 501 g/mol. The molecular formula is C28H47F3N2O5. The van der Waals surface area contributed by atoms with Crippen LogP contribution in [0.2, 0.25) is 0 Å². The smallest absolute Gasteiger partial charge is 0.390 e. The number of amides is 1. The van der Waals surface area contributed by atoms with Crippen molar-refractivity contribution in [2.45, 2.75) is 78.1 Å². The topological polar surface area (TPSA) is 103 Å². The summed E-state index contributed by atoms with van der Waals surface area (Å²) in [4.78, 5) is 12.5. The summed E-state index contributed by atoms with van der Waals surface area (Å²) in [5.41, 5.74) is 7.45. The highest BCUT2D eigenvalue weighted by molar-refractivity contribution is 5.78. The molecule has 1 aromatic carbocycles. The van der Waals surface area contributed by atoms with E-state index >= 15 is 0 Å². The number of aliphatic hydroxyl groups excluding tert-OH is 1. The zero-order valence-electron chi connectivity index (χ0n) is 23.6. The molecule has 4 N–H and O–H groups in total. The number of ether oxygens (including phenoxy) is 3. The average molecular weight is 549 g/mol. The van der Waals surface area contributed by atoms with E-state index in [1.807, 2.05) is 32.0 Å². The average Bonchev–Trinajstić information content (AvgIpc) is 2.83. The maximum Gasteiger partial charge on any atom is 0.390 e. The summed E-state index contributed by atoms with van der Waals surface area (Å²) in [6.07, 6.45) is -4.32. The number of alkyl halides is 3. The Kier molecular flexibility index (Phi) is 15.0. The summed E-state index contributed by atoms with van der Waals surface area (Å²) in [7, 11) is 3.24. The lowest BCUT2D eigenvalue weighted by Gasteiger charge is -2.30. The van der Waals surface area contributed by atoms with Crippen molar-refractivity contribution in [1.29, 1.82) is 0 Å². The van der Waals surface area contributed by atoms with Gasteiger partial charge in [-0.1, -0.05) is 33.8 Å². The van der Waals surface area contributed by atoms with Crippen LogP contribution in [0.4, 0.5) is 13.2 Å². The number of methoxy groups -OCH3 is 2. The van der Waals surface area contributed by atoms with Gasteiger partial charge in [-0.25, -0.2) is 0 Å². The van der Waals surface area contributed by atoms with Gasteiger partial charge in [0, 0.05) is 38.6 Å². The van der Waals surface area contributed by atoms with Crippen molar-refractivity contribution in [1.82, 2.24) is 5.32 Å². The van der Waals surface area contributed by atoms with Crippen LogP contribution in [0.5, 0.6) is 11.5 Å². The SMILES string of the molecule is COCCCOc1cc(C[C@@H](C[C@H](N)[C@@H](O)C[C@H](C(=O)NCCC(F)(F)F)C(C)C)C(C)C)ccc1OC. The highest BCUT2D eigenvalue weighted by atomic mass is 19.4. The van der Waals surface area contributed by atoms with Gasteiger partial charge in [0.1, 0.15) is 0 Å². The summed E-state index contributed by atoms with van der Waals surface area (Å²) >= 11 is 0. The van der Waals surface area contributed by atoms with Crippen LogP contribution in [0.15, 0.2) is 18.2 Å². The van der Waals surface area contributed by atoms with Crippen molar-refractivity contribution >= 4 is 5.91 Å². The molecule has 0 aromatic heterocycles. The quantitative estimate of drug-likeness (QED) is 0.229. The van der Waals surface area contributed by atoms with Crippen LogP contribution in [0.1, 0.15) is 58.9 Å². The molecule has 1 rings (SSSR count). The summed E-state index contributed by atoms with van der Waals surface area (Å²) < 4.78 is 53.7. The molecule has 0 heterocycles. The number of carbonyl (C=O) groups is 1. The fraction of sp³-hybridized carbons (Fsp3) is 0.750. The van der Waals surface area contributed by atoms with Crippen LogP contribution in [-0.2, 0) is 16.0 Å². The van der Waals surface area contributed by atoms with Crippen molar-refractivity contribution in [3.8, 4) is 11.5 Å². The Morgan fingerprint density at radius 1 is 1.05 bits per heavy atom. The van der Waals surface area contributed by atoms with E-state index in [0.29, 0.717) is 37.6 Å². The number of hydrogen-bond acceptors (Lipinski definition) is 6. The molecule has 1 aromatic rings. The Labute approximate surface area is 225 Å². The maximum atomic E-state index is 12.5. The van der Waals surface area contributed by atoms with Crippen molar-refractivity contribution in [2.24, 2.45) is 29.4 Å². The summed E-state index contributed by atoms with van der Waals surface area (Å²) in [5.74, 6) is 0.427. The number of benzene rings is 1. The molecule has 38 heavy (non-hydrogen) atoms. The van der Waals surface area contributed by atoms with Crippen molar-refractivity contribution in [3.05, 3.63) is 23.8 Å². The molecule has 7 nitrogen and oxygen atoms in total. The van der Waals surface area contributed by atoms with Crippen LogP contribution in [0, 0.1) is 23.7 Å². The predicted octanol–water partition coefficient (Wildman–Crippen LogP) is 4.73. The minimum Gasteiger partial charge on any atom is -0.493 e. The monoisotopic (exact) mass is 548 g/mol. The third kappa shape index (κ3) is 12.7. The molecule has 0 aliphatic rings. The van der Waals surface area contributed by atoms with Gasteiger partial charge in [0.15, 0.2) is 11.5 Å². The first-order chi connectivity index (χ1) is 17.8. The molecule has 0 fully saturated rings. The number of nitrogens with two attached hydrogens (primary N) is 1. The second kappa shape index (κ2) is 16.8. The molecule has 220 valence electrons. The first-order valence-corrected chi connectivity index (χ1v) is 13.4. The van der Waals surface area contributed by atoms with E-state index in [4.69, 9.17) is 19.9 Å². The number of aliphatic hydroxyl groups is 1. The van der Waals surface area contributed by atoms with E-state index in [-0.39, 0.29) is 24.2 Å². The van der Waals surface area contributed by atoms with Crippen LogP contribution in [0.3, 0.4) is 0 Å². The number of rotatable bonds is 18. The van der Waals surface area contributed by atoms with E-state index in [9.17, 15) is 23.1 Å². The van der Waals surface area contributed by atoms with Gasteiger partial charge >= 0.3 is 6.18 Å². The lowest BCUT2D eigenvalue weighted by atomic mass is 9.81. The van der Waals surface area contributed by atoms with E-state index in [0.717, 1.165) is 12.0 Å². The van der Waals surface area contributed by atoms with Crippen molar-refractivity contribution in [2.75, 3.05) is 34.0 Å². The standard InChI is InChI=1S/C28H47F3N2O5/c1-18(2)21(14-20-8-9-25(37-6)26(15-20)38-13-7-12-36-5)16-23(32)24(34)17-22(19(3)4)27(35)33-11-10-28(29,30)31/h8-9,15,18-19,21-24,34H,7,10-14,16-17,32H2,1-6H3,(H,33,35)/t21-,22-,23-,24-/m0/s1. The van der Waals surface area contributed by atoms with Gasteiger partial charge in [-0.3, -0.25) is 4.79 Å². The maximum absolute atomic E-state index is 12.5. The van der Waals surface area contributed by atoms with Crippen LogP contribution in [-0.4, -0.2) is 63.3 Å². The van der Waals surface area contributed by atoms with Gasteiger partial charge in [0.05, 0.1) is 26.2 Å². The highest BCUT2D eigenvalue weighted by Gasteiger charge is 2.31. The largest absolute Gasteiger partial charge is 0.493 e. The molecule has 0 bridgehead atoms. The van der Waals surface area contributed by atoms with Gasteiger partial charge in [0.2, 0.25) is 5.91 Å². The van der Waals surface area contributed by atoms with E-state index in [1.165, 1.54) is 0 Å². The Hall–Kier alpha value is -2.04. The number of carbonyl (C=O) groups excluding carboxylic acids is 1. The van der Waals surface area contributed by atoms with E-state index in [1.54, 1.807) is 14.2 Å². The molecule has 0 radical (unpaired) electrons. The highest BCUT2D eigenvalue weighted by Crippen LogP contribution is 2.32. The molecule has 0 unspecified atom stereocenters. The number of hydrogen-bond donors (Lipinski definition) is 3. The fourth-order valence-electron chi connectivity index (χ4n) is 4.32. The third-order valence-electron chi connectivity index (χ3n) is 6.83. The minimum absolute atomic E-state index is 0.0868. The molecule has 10 heteroatoms. The Morgan fingerprint density at radius 2 is 1.74 bits per heavy atom. The molecule has 0 saturated carbocycles. The Bertz CT molecular complexity index is 820. The van der Waals surface area contributed by atoms with E-state index < -0.39 is 43.1 Å². The number of halogens is 3. The fourth-order valence-corrected chi connectivity index (χ4v) is 4.32. The molecule has 0 spiro atoms. The first kappa shape index (κ1) is 34.0. The second-order valence-corrected chi connectivity index (χ2v) is 10.6. The van der Waals surface area contributed by atoms with Crippen molar-refractivity contribution in [3.63, 3.8) is 0 Å². The van der Waals surface area contributed by atoms with Crippen molar-refractivity contribution < 1.29 is 37.3 Å². The van der Waals surface area contributed by atoms with Crippen LogP contribution < -0.4 is 20.5 Å². The minimum atomic E-state index is -4.34. The predicted molar refractivity (Wildman–Crippen MR) is 142 cm³/mol. The van der Waals surface area contributed by atoms with Gasteiger partial charge < -0.3 is 30.4 Å².